The summed E-state index contributed by atoms with van der Waals surface area (Å²) in [5.41, 5.74) is 2.24. The Morgan fingerprint density at radius 1 is 1.07 bits per heavy atom. The molecule has 1 aliphatic carbocycles. The molecule has 0 radical (unpaired) electrons. The van der Waals surface area contributed by atoms with Crippen LogP contribution in [0.5, 0.6) is 11.5 Å². The van der Waals surface area contributed by atoms with Crippen molar-refractivity contribution in [2.75, 3.05) is 26.1 Å². The van der Waals surface area contributed by atoms with Crippen LogP contribution in [0.4, 0.5) is 9.39 Å². The third-order valence-corrected chi connectivity index (χ3v) is 9.34. The molecule has 1 aliphatic rings. The molecule has 236 valence electrons. The minimum atomic E-state index is -0.660. The second-order valence-corrected chi connectivity index (χ2v) is 12.4. The average Bonchev–Trinajstić information content (AvgIpc) is 3.74. The van der Waals surface area contributed by atoms with Crippen molar-refractivity contribution in [1.82, 2.24) is 20.1 Å². The lowest BCUT2D eigenvalue weighted by Crippen LogP contribution is -2.25. The average molecular weight is 654 g/mol. The van der Waals surface area contributed by atoms with E-state index in [9.17, 15) is 18.8 Å². The standard InChI is InChI=1S/C31H32FN5O6S2/c1-5-43-30(40)26-23-7-6-8-24(23)45-29(26)34-27(38)17(2)44-31-36-35-25(37(31)20-11-9-19(32)10-12-20)16-33-28(39)18-13-21(41-3)15-22(14-18)42-4/h9-15,17H,5-8,16H2,1-4H3,(H,33,39)(H,34,38). The number of halogens is 1. The van der Waals surface area contributed by atoms with Crippen LogP contribution in [0.25, 0.3) is 5.69 Å². The van der Waals surface area contributed by atoms with E-state index in [-0.39, 0.29) is 19.1 Å². The summed E-state index contributed by atoms with van der Waals surface area (Å²) < 4.78 is 31.3. The molecule has 0 fully saturated rings. The number of aryl methyl sites for hydroxylation is 1. The van der Waals surface area contributed by atoms with E-state index in [0.29, 0.717) is 44.3 Å². The van der Waals surface area contributed by atoms with Gasteiger partial charge in [0.05, 0.1) is 38.2 Å². The number of hydrogen-bond acceptors (Lipinski definition) is 10. The van der Waals surface area contributed by atoms with Crippen LogP contribution in [-0.4, -0.2) is 58.6 Å². The van der Waals surface area contributed by atoms with Crippen LogP contribution >= 0.6 is 23.1 Å². The number of carbonyl (C=O) groups is 3. The summed E-state index contributed by atoms with van der Waals surface area (Å²) in [6, 6.07) is 10.6. The number of amides is 2. The van der Waals surface area contributed by atoms with E-state index < -0.39 is 22.9 Å². The number of methoxy groups -OCH3 is 2. The predicted molar refractivity (Wildman–Crippen MR) is 168 cm³/mol. The Kier molecular flexibility index (Phi) is 10.0. The van der Waals surface area contributed by atoms with Gasteiger partial charge < -0.3 is 24.8 Å². The van der Waals surface area contributed by atoms with Crippen LogP contribution in [0.2, 0.25) is 0 Å². The van der Waals surface area contributed by atoms with Gasteiger partial charge in [-0.3, -0.25) is 14.2 Å². The van der Waals surface area contributed by atoms with Crippen molar-refractivity contribution < 1.29 is 33.0 Å². The number of hydrogen-bond donors (Lipinski definition) is 2. The molecule has 2 heterocycles. The van der Waals surface area contributed by atoms with Crippen LogP contribution < -0.4 is 20.1 Å². The highest BCUT2D eigenvalue weighted by Crippen LogP contribution is 2.40. The van der Waals surface area contributed by atoms with Crippen molar-refractivity contribution >= 4 is 45.9 Å². The van der Waals surface area contributed by atoms with E-state index in [1.807, 2.05) is 0 Å². The van der Waals surface area contributed by atoms with Crippen LogP contribution in [0.3, 0.4) is 0 Å². The number of benzene rings is 2. The lowest BCUT2D eigenvalue weighted by molar-refractivity contribution is -0.115. The van der Waals surface area contributed by atoms with Gasteiger partial charge in [0.15, 0.2) is 11.0 Å². The van der Waals surface area contributed by atoms with Crippen molar-refractivity contribution in [1.29, 1.82) is 0 Å². The first kappa shape index (κ1) is 32.0. The minimum Gasteiger partial charge on any atom is -0.497 e. The predicted octanol–water partition coefficient (Wildman–Crippen LogP) is 5.20. The summed E-state index contributed by atoms with van der Waals surface area (Å²) in [7, 11) is 2.99. The Labute approximate surface area is 267 Å². The number of ether oxygens (including phenoxy) is 3. The van der Waals surface area contributed by atoms with Crippen LogP contribution in [0.15, 0.2) is 47.6 Å². The summed E-state index contributed by atoms with van der Waals surface area (Å²) in [5.74, 6) is -0.315. The SMILES string of the molecule is CCOC(=O)c1c(NC(=O)C(C)Sc2nnc(CNC(=O)c3cc(OC)cc(OC)c3)n2-c2ccc(F)cc2)sc2c1CCC2. The molecule has 0 aliphatic heterocycles. The Hall–Kier alpha value is -4.43. The highest BCUT2D eigenvalue weighted by atomic mass is 32.2. The minimum absolute atomic E-state index is 0.0203. The van der Waals surface area contributed by atoms with E-state index in [4.69, 9.17) is 14.2 Å². The van der Waals surface area contributed by atoms with Crippen LogP contribution in [-0.2, 0) is 28.9 Å². The van der Waals surface area contributed by atoms with Gasteiger partial charge in [-0.25, -0.2) is 9.18 Å². The highest BCUT2D eigenvalue weighted by Gasteiger charge is 2.30. The molecule has 2 N–H and O–H groups in total. The number of nitrogens with one attached hydrogen (secondary N) is 2. The maximum absolute atomic E-state index is 13.8. The maximum Gasteiger partial charge on any atom is 0.341 e. The number of anilines is 1. The third kappa shape index (κ3) is 7.12. The molecule has 1 unspecified atom stereocenters. The molecule has 14 heteroatoms. The fourth-order valence-electron chi connectivity index (χ4n) is 4.88. The first-order chi connectivity index (χ1) is 21.7. The highest BCUT2D eigenvalue weighted by molar-refractivity contribution is 8.00. The fourth-order valence-corrected chi connectivity index (χ4v) is 7.04. The van der Waals surface area contributed by atoms with Crippen molar-refractivity contribution in [3.05, 3.63) is 75.7 Å². The molecule has 11 nitrogen and oxygen atoms in total. The van der Waals surface area contributed by atoms with E-state index in [0.717, 1.165) is 41.5 Å². The van der Waals surface area contributed by atoms with Crippen molar-refractivity contribution in [2.45, 2.75) is 50.1 Å². The smallest absolute Gasteiger partial charge is 0.341 e. The summed E-state index contributed by atoms with van der Waals surface area (Å²) >= 11 is 2.55. The second kappa shape index (κ2) is 14.1. The van der Waals surface area contributed by atoms with Gasteiger partial charge in [0.2, 0.25) is 5.91 Å². The molecule has 0 spiro atoms. The van der Waals surface area contributed by atoms with Gasteiger partial charge in [-0.05, 0) is 75.1 Å². The topological polar surface area (TPSA) is 134 Å². The normalized spacial score (nSPS) is 12.7. The number of nitrogens with zero attached hydrogens (tertiary/aromatic N) is 3. The molecule has 2 amide bonds. The number of rotatable bonds is 12. The van der Waals surface area contributed by atoms with Crippen molar-refractivity contribution in [3.8, 4) is 17.2 Å². The molecule has 5 rings (SSSR count). The zero-order valence-electron chi connectivity index (χ0n) is 25.1. The monoisotopic (exact) mass is 653 g/mol. The Morgan fingerprint density at radius 3 is 2.44 bits per heavy atom. The quantitative estimate of drug-likeness (QED) is 0.156. The number of thioether (sulfide) groups is 1. The van der Waals surface area contributed by atoms with Gasteiger partial charge >= 0.3 is 5.97 Å². The summed E-state index contributed by atoms with van der Waals surface area (Å²) in [5, 5.41) is 14.5. The van der Waals surface area contributed by atoms with Gasteiger partial charge in [-0.1, -0.05) is 11.8 Å². The number of fused-ring (bicyclic) bond motifs is 1. The molecular weight excluding hydrogens is 622 g/mol. The second-order valence-electron chi connectivity index (χ2n) is 10.0. The Balaban J connectivity index is 1.36. The molecule has 45 heavy (non-hydrogen) atoms. The molecule has 4 aromatic rings. The zero-order chi connectivity index (χ0) is 32.1. The van der Waals surface area contributed by atoms with Gasteiger partial charge in [-0.15, -0.1) is 21.5 Å². The molecule has 0 bridgehead atoms. The molecular formula is C31H32FN5O6S2. The molecule has 1 atom stereocenters. The van der Waals surface area contributed by atoms with E-state index in [1.165, 1.54) is 37.7 Å². The molecule has 0 saturated carbocycles. The fraction of sp³-hybridized carbons (Fsp3) is 0.323. The molecule has 2 aromatic carbocycles. The lowest BCUT2D eigenvalue weighted by Gasteiger charge is -2.15. The van der Waals surface area contributed by atoms with Gasteiger partial charge in [0.1, 0.15) is 22.3 Å². The van der Waals surface area contributed by atoms with Crippen molar-refractivity contribution in [2.24, 2.45) is 0 Å². The summed E-state index contributed by atoms with van der Waals surface area (Å²) in [6.45, 7) is 3.67. The van der Waals surface area contributed by atoms with E-state index in [2.05, 4.69) is 20.8 Å². The number of carbonyl (C=O) groups excluding carboxylic acids is 3. The van der Waals surface area contributed by atoms with Gasteiger partial charge in [0.25, 0.3) is 5.91 Å². The van der Waals surface area contributed by atoms with E-state index >= 15 is 0 Å². The third-order valence-electron chi connectivity index (χ3n) is 7.09. The molecule has 0 saturated heterocycles. The first-order valence-corrected chi connectivity index (χ1v) is 15.9. The zero-order valence-corrected chi connectivity index (χ0v) is 26.8. The maximum atomic E-state index is 13.8. The van der Waals surface area contributed by atoms with Gasteiger partial charge in [-0.2, -0.15) is 0 Å². The molecule has 2 aromatic heterocycles. The summed E-state index contributed by atoms with van der Waals surface area (Å²) in [6.07, 6.45) is 2.59. The lowest BCUT2D eigenvalue weighted by atomic mass is 10.1. The number of aromatic nitrogens is 3. The van der Waals surface area contributed by atoms with Crippen LogP contribution in [0, 0.1) is 5.82 Å². The number of esters is 1. The largest absolute Gasteiger partial charge is 0.497 e. The first-order valence-electron chi connectivity index (χ1n) is 14.2. The Bertz CT molecular complexity index is 1700. The summed E-state index contributed by atoms with van der Waals surface area (Å²) in [4.78, 5) is 40.3. The van der Waals surface area contributed by atoms with Gasteiger partial charge in [0, 0.05) is 22.2 Å². The number of thiophene rings is 1. The van der Waals surface area contributed by atoms with Crippen LogP contribution in [0.1, 0.15) is 57.2 Å². The Morgan fingerprint density at radius 2 is 1.78 bits per heavy atom. The van der Waals surface area contributed by atoms with E-state index in [1.54, 1.807) is 48.7 Å². The van der Waals surface area contributed by atoms with Crippen molar-refractivity contribution in [3.63, 3.8) is 0 Å².